The Bertz CT molecular complexity index is 502. The summed E-state index contributed by atoms with van der Waals surface area (Å²) in [5.74, 6) is 0.574. The van der Waals surface area contributed by atoms with Gasteiger partial charge in [-0.3, -0.25) is 0 Å². The van der Waals surface area contributed by atoms with Crippen LogP contribution in [-0.2, 0) is 0 Å². The minimum atomic E-state index is -0.335. The quantitative estimate of drug-likeness (QED) is 0.779. The molecule has 0 saturated heterocycles. The van der Waals surface area contributed by atoms with Gasteiger partial charge in [-0.1, -0.05) is 40.2 Å². The third-order valence-corrected chi connectivity index (χ3v) is 2.52. The van der Waals surface area contributed by atoms with Gasteiger partial charge < -0.3 is 4.42 Å². The Labute approximate surface area is 89.3 Å². The molecule has 0 aliphatic carbocycles. The highest BCUT2D eigenvalue weighted by molar-refractivity contribution is 9.10. The van der Waals surface area contributed by atoms with E-state index >= 15 is 0 Å². The van der Waals surface area contributed by atoms with Gasteiger partial charge in [-0.2, -0.15) is 0 Å². The maximum Gasteiger partial charge on any atom is 0.336 e. The highest BCUT2D eigenvalue weighted by atomic mass is 79.9. The Morgan fingerprint density at radius 2 is 1.79 bits per heavy atom. The summed E-state index contributed by atoms with van der Waals surface area (Å²) in [6, 6.07) is 12.4. The van der Waals surface area contributed by atoms with Crippen LogP contribution in [0.5, 0.6) is 0 Å². The average molecular weight is 251 g/mol. The van der Waals surface area contributed by atoms with Crippen LogP contribution in [0.1, 0.15) is 0 Å². The van der Waals surface area contributed by atoms with E-state index in [0.29, 0.717) is 5.76 Å². The molecule has 0 radical (unpaired) electrons. The number of hydrogen-bond acceptors (Lipinski definition) is 2. The van der Waals surface area contributed by atoms with Gasteiger partial charge in [-0.25, -0.2) is 4.79 Å². The molecule has 1 aromatic carbocycles. The van der Waals surface area contributed by atoms with E-state index in [1.807, 2.05) is 24.3 Å². The van der Waals surface area contributed by atoms with Gasteiger partial charge in [-0.05, 0) is 12.1 Å². The summed E-state index contributed by atoms with van der Waals surface area (Å²) in [6.45, 7) is 0. The first-order valence-corrected chi connectivity index (χ1v) is 4.92. The normalized spacial score (nSPS) is 10.1. The van der Waals surface area contributed by atoms with E-state index in [-0.39, 0.29) is 5.63 Å². The summed E-state index contributed by atoms with van der Waals surface area (Å²) in [5, 5.41) is 0. The predicted octanol–water partition coefficient (Wildman–Crippen LogP) is 3.07. The second-order valence-electron chi connectivity index (χ2n) is 2.79. The molecule has 0 spiro atoms. The molecule has 0 aliphatic rings. The van der Waals surface area contributed by atoms with Gasteiger partial charge in [0.05, 0.1) is 0 Å². The number of rotatable bonds is 1. The van der Waals surface area contributed by atoms with Crippen molar-refractivity contribution in [3.63, 3.8) is 0 Å². The first kappa shape index (κ1) is 9.21. The van der Waals surface area contributed by atoms with E-state index in [9.17, 15) is 4.79 Å². The van der Waals surface area contributed by atoms with Gasteiger partial charge >= 0.3 is 5.63 Å². The zero-order chi connectivity index (χ0) is 9.97. The highest BCUT2D eigenvalue weighted by Crippen LogP contribution is 2.26. The summed E-state index contributed by atoms with van der Waals surface area (Å²) >= 11 is 3.40. The largest absolute Gasteiger partial charge is 0.423 e. The van der Waals surface area contributed by atoms with Gasteiger partial charge in [0.2, 0.25) is 0 Å². The molecule has 0 aliphatic heterocycles. The maximum atomic E-state index is 11.0. The van der Waals surface area contributed by atoms with Gasteiger partial charge in [0.15, 0.2) is 0 Å². The highest BCUT2D eigenvalue weighted by Gasteiger charge is 2.03. The molecule has 14 heavy (non-hydrogen) atoms. The van der Waals surface area contributed by atoms with Crippen molar-refractivity contribution in [1.29, 1.82) is 0 Å². The SMILES string of the molecule is O=c1cccc(-c2ccccc2Br)o1. The minimum absolute atomic E-state index is 0.335. The molecule has 0 N–H and O–H groups in total. The first-order chi connectivity index (χ1) is 6.77. The van der Waals surface area contributed by atoms with Gasteiger partial charge in [0, 0.05) is 16.1 Å². The molecule has 0 unspecified atom stereocenters. The molecule has 3 heteroatoms. The summed E-state index contributed by atoms with van der Waals surface area (Å²) in [6.07, 6.45) is 0. The van der Waals surface area contributed by atoms with Crippen molar-refractivity contribution in [2.45, 2.75) is 0 Å². The molecule has 1 aromatic heterocycles. The van der Waals surface area contributed by atoms with Crippen LogP contribution in [0.3, 0.4) is 0 Å². The lowest BCUT2D eigenvalue weighted by molar-refractivity contribution is 0.525. The van der Waals surface area contributed by atoms with E-state index in [0.717, 1.165) is 10.0 Å². The third-order valence-electron chi connectivity index (χ3n) is 1.83. The fourth-order valence-electron chi connectivity index (χ4n) is 1.20. The second-order valence-corrected chi connectivity index (χ2v) is 3.65. The average Bonchev–Trinajstić information content (AvgIpc) is 2.18. The fourth-order valence-corrected chi connectivity index (χ4v) is 1.68. The Kier molecular flexibility index (Phi) is 2.50. The van der Waals surface area contributed by atoms with E-state index in [1.165, 1.54) is 6.07 Å². The molecular weight excluding hydrogens is 244 g/mol. The Morgan fingerprint density at radius 1 is 1.00 bits per heavy atom. The summed E-state index contributed by atoms with van der Waals surface area (Å²) in [4.78, 5) is 11.0. The van der Waals surface area contributed by atoms with Crippen LogP contribution < -0.4 is 5.63 Å². The lowest BCUT2D eigenvalue weighted by Crippen LogP contribution is -1.95. The van der Waals surface area contributed by atoms with Crippen LogP contribution in [-0.4, -0.2) is 0 Å². The predicted molar refractivity (Wildman–Crippen MR) is 58.1 cm³/mol. The lowest BCUT2D eigenvalue weighted by Gasteiger charge is -2.01. The molecule has 2 rings (SSSR count). The standard InChI is InChI=1S/C11H7BrO2/c12-9-5-2-1-4-8(9)10-6-3-7-11(13)14-10/h1-7H. The molecule has 0 saturated carbocycles. The Morgan fingerprint density at radius 3 is 2.50 bits per heavy atom. The number of hydrogen-bond donors (Lipinski definition) is 0. The molecule has 2 aromatic rings. The Hall–Kier alpha value is -1.35. The third kappa shape index (κ3) is 1.77. The lowest BCUT2D eigenvalue weighted by atomic mass is 10.2. The van der Waals surface area contributed by atoms with Crippen molar-refractivity contribution in [2.24, 2.45) is 0 Å². The second kappa shape index (κ2) is 3.80. The minimum Gasteiger partial charge on any atom is -0.423 e. The zero-order valence-corrected chi connectivity index (χ0v) is 8.82. The molecule has 1 heterocycles. The maximum absolute atomic E-state index is 11.0. The van der Waals surface area contributed by atoms with Crippen LogP contribution in [0.25, 0.3) is 11.3 Å². The van der Waals surface area contributed by atoms with Crippen LogP contribution in [0.2, 0.25) is 0 Å². The summed E-state index contributed by atoms with van der Waals surface area (Å²) in [5.41, 5.74) is 0.545. The summed E-state index contributed by atoms with van der Waals surface area (Å²) in [7, 11) is 0. The van der Waals surface area contributed by atoms with E-state index in [2.05, 4.69) is 15.9 Å². The smallest absolute Gasteiger partial charge is 0.336 e. The van der Waals surface area contributed by atoms with E-state index in [1.54, 1.807) is 12.1 Å². The van der Waals surface area contributed by atoms with Crippen LogP contribution in [0.4, 0.5) is 0 Å². The van der Waals surface area contributed by atoms with Crippen molar-refractivity contribution < 1.29 is 4.42 Å². The number of halogens is 1. The molecule has 0 bridgehead atoms. The van der Waals surface area contributed by atoms with Crippen molar-refractivity contribution in [3.05, 3.63) is 57.4 Å². The van der Waals surface area contributed by atoms with Crippen molar-refractivity contribution in [1.82, 2.24) is 0 Å². The molecule has 70 valence electrons. The molecular formula is C11H7BrO2. The summed E-state index contributed by atoms with van der Waals surface area (Å²) < 4.78 is 5.97. The fraction of sp³-hybridized carbons (Fsp3) is 0. The van der Waals surface area contributed by atoms with Crippen molar-refractivity contribution in [3.8, 4) is 11.3 Å². The van der Waals surface area contributed by atoms with Gasteiger partial charge in [-0.15, -0.1) is 0 Å². The van der Waals surface area contributed by atoms with E-state index < -0.39 is 0 Å². The molecule has 2 nitrogen and oxygen atoms in total. The monoisotopic (exact) mass is 250 g/mol. The van der Waals surface area contributed by atoms with Gasteiger partial charge in [0.1, 0.15) is 5.76 Å². The molecule has 0 amide bonds. The topological polar surface area (TPSA) is 30.2 Å². The first-order valence-electron chi connectivity index (χ1n) is 4.12. The van der Waals surface area contributed by atoms with Crippen LogP contribution >= 0.6 is 15.9 Å². The Balaban J connectivity index is 2.61. The van der Waals surface area contributed by atoms with Crippen molar-refractivity contribution in [2.75, 3.05) is 0 Å². The van der Waals surface area contributed by atoms with Crippen LogP contribution in [0, 0.1) is 0 Å². The molecule has 0 atom stereocenters. The van der Waals surface area contributed by atoms with Crippen LogP contribution in [0.15, 0.2) is 56.1 Å². The van der Waals surface area contributed by atoms with E-state index in [4.69, 9.17) is 4.42 Å². The van der Waals surface area contributed by atoms with Crippen molar-refractivity contribution >= 4 is 15.9 Å². The molecule has 0 fully saturated rings. The zero-order valence-electron chi connectivity index (χ0n) is 7.24. The van der Waals surface area contributed by atoms with Gasteiger partial charge in [0.25, 0.3) is 0 Å². The number of benzene rings is 1.